The predicted molar refractivity (Wildman–Crippen MR) is 46.9 cm³/mol. The Balaban J connectivity index is 3.80. The van der Waals surface area contributed by atoms with Crippen LogP contribution in [0.5, 0.6) is 0 Å². The zero-order valence-electron chi connectivity index (χ0n) is 4.78. The maximum absolute atomic E-state index is 10.3. The number of hydrogen-bond donors (Lipinski definition) is 0. The lowest BCUT2D eigenvalue weighted by Gasteiger charge is -2.16. The summed E-state index contributed by atoms with van der Waals surface area (Å²) in [4.78, 5) is 10.3. The van der Waals surface area contributed by atoms with Gasteiger partial charge in [0.15, 0.2) is 0 Å². The van der Waals surface area contributed by atoms with Crippen LogP contribution in [0, 0.1) is 0 Å². The number of carbonyl (C=O) groups excluding carboxylic acids is 1. The van der Waals surface area contributed by atoms with E-state index < -0.39 is 8.49 Å². The van der Waals surface area contributed by atoms with Crippen LogP contribution in [0.25, 0.3) is 0 Å². The standard InChI is InChI=1S/C3H3Cl4NOS/c1-8(2(4)9)10-3(5,6)7/h1H3. The van der Waals surface area contributed by atoms with Gasteiger partial charge in [0.1, 0.15) is 0 Å². The Hall–Kier alpha value is 0.980. The van der Waals surface area contributed by atoms with E-state index in [-0.39, 0.29) is 0 Å². The van der Waals surface area contributed by atoms with E-state index in [1.807, 2.05) is 0 Å². The Bertz CT molecular complexity index is 135. The molecule has 0 spiro atoms. The Morgan fingerprint density at radius 2 is 1.90 bits per heavy atom. The molecule has 10 heavy (non-hydrogen) atoms. The maximum atomic E-state index is 10.3. The van der Waals surface area contributed by atoms with Crippen molar-refractivity contribution in [1.82, 2.24) is 4.31 Å². The lowest BCUT2D eigenvalue weighted by atomic mass is 11.2. The molecule has 1 amide bonds. The van der Waals surface area contributed by atoms with Gasteiger partial charge in [0.05, 0.1) is 0 Å². The largest absolute Gasteiger partial charge is 0.326 e. The summed E-state index contributed by atoms with van der Waals surface area (Å²) in [5.74, 6) is 0. The van der Waals surface area contributed by atoms with Crippen molar-refractivity contribution in [3.05, 3.63) is 0 Å². The van der Waals surface area contributed by atoms with Crippen molar-refractivity contribution in [2.45, 2.75) is 3.12 Å². The van der Waals surface area contributed by atoms with Gasteiger partial charge in [-0.25, -0.2) is 0 Å². The summed E-state index contributed by atoms with van der Waals surface area (Å²) < 4.78 is -0.520. The van der Waals surface area contributed by atoms with E-state index in [2.05, 4.69) is 0 Å². The highest BCUT2D eigenvalue weighted by molar-refractivity contribution is 8.03. The Morgan fingerprint density at radius 3 is 2.00 bits per heavy atom. The molecule has 2 nitrogen and oxygen atoms in total. The van der Waals surface area contributed by atoms with Crippen LogP contribution in [0.3, 0.4) is 0 Å². The Kier molecular flexibility index (Phi) is 4.52. The van der Waals surface area contributed by atoms with Gasteiger partial charge >= 0.3 is 5.37 Å². The van der Waals surface area contributed by atoms with E-state index in [9.17, 15) is 4.79 Å². The van der Waals surface area contributed by atoms with E-state index >= 15 is 0 Å². The van der Waals surface area contributed by atoms with Gasteiger partial charge < -0.3 is 0 Å². The van der Waals surface area contributed by atoms with Gasteiger partial charge in [-0.05, 0) is 11.6 Å². The molecular formula is C3H3Cl4NOS. The van der Waals surface area contributed by atoms with Crippen molar-refractivity contribution in [2.75, 3.05) is 7.05 Å². The van der Waals surface area contributed by atoms with E-state index in [1.54, 1.807) is 0 Å². The quantitative estimate of drug-likeness (QED) is 0.305. The van der Waals surface area contributed by atoms with Crippen LogP contribution in [0.1, 0.15) is 0 Å². The molecule has 0 heterocycles. The van der Waals surface area contributed by atoms with Crippen LogP contribution >= 0.6 is 58.4 Å². The molecule has 0 aromatic heterocycles. The van der Waals surface area contributed by atoms with Crippen LogP contribution in [0.2, 0.25) is 0 Å². The highest BCUT2D eigenvalue weighted by Gasteiger charge is 2.25. The number of carbonyl (C=O) groups is 1. The molecule has 60 valence electrons. The van der Waals surface area contributed by atoms with Gasteiger partial charge in [0, 0.05) is 19.0 Å². The minimum absolute atomic E-state index is 0.684. The molecule has 0 aromatic rings. The predicted octanol–water partition coefficient (Wildman–Crippen LogP) is 3.25. The highest BCUT2D eigenvalue weighted by Crippen LogP contribution is 2.40. The van der Waals surface area contributed by atoms with Crippen LogP contribution in [-0.2, 0) is 0 Å². The summed E-state index contributed by atoms with van der Waals surface area (Å²) in [5, 5.41) is -0.684. The van der Waals surface area contributed by atoms with Gasteiger partial charge in [-0.2, -0.15) is 0 Å². The van der Waals surface area contributed by atoms with E-state index in [0.717, 1.165) is 4.31 Å². The van der Waals surface area contributed by atoms with Crippen molar-refractivity contribution in [3.8, 4) is 0 Å². The molecule has 0 aromatic carbocycles. The smallest absolute Gasteiger partial charge is 0.272 e. The molecule has 0 unspecified atom stereocenters. The van der Waals surface area contributed by atoms with Crippen molar-refractivity contribution in [1.29, 1.82) is 0 Å². The van der Waals surface area contributed by atoms with Gasteiger partial charge in [0.2, 0.25) is 0 Å². The molecule has 0 saturated carbocycles. The van der Waals surface area contributed by atoms with Crippen LogP contribution in [0.4, 0.5) is 4.79 Å². The fraction of sp³-hybridized carbons (Fsp3) is 0.667. The van der Waals surface area contributed by atoms with Crippen LogP contribution in [0.15, 0.2) is 0 Å². The van der Waals surface area contributed by atoms with E-state index in [4.69, 9.17) is 46.4 Å². The van der Waals surface area contributed by atoms with Gasteiger partial charge in [-0.3, -0.25) is 9.10 Å². The molecule has 0 fully saturated rings. The number of amides is 1. The first-order valence-electron chi connectivity index (χ1n) is 2.02. The minimum Gasteiger partial charge on any atom is -0.272 e. The van der Waals surface area contributed by atoms with Gasteiger partial charge in [0.25, 0.3) is 3.12 Å². The first-order chi connectivity index (χ1) is 4.33. The maximum Gasteiger partial charge on any atom is 0.326 e. The van der Waals surface area contributed by atoms with Gasteiger partial charge in [-0.15, -0.1) is 0 Å². The minimum atomic E-state index is -1.54. The molecule has 0 aliphatic heterocycles. The molecular weight excluding hydrogens is 240 g/mol. The molecule has 0 aliphatic carbocycles. The molecule has 0 rings (SSSR count). The summed E-state index contributed by atoms with van der Waals surface area (Å²) >= 11 is 21.7. The third-order valence-electron chi connectivity index (χ3n) is 0.488. The van der Waals surface area contributed by atoms with E-state index in [1.165, 1.54) is 7.05 Å². The summed E-state index contributed by atoms with van der Waals surface area (Å²) in [5.41, 5.74) is 0. The fourth-order valence-electron chi connectivity index (χ4n) is 0.191. The monoisotopic (exact) mass is 241 g/mol. The van der Waals surface area contributed by atoms with Crippen molar-refractivity contribution in [2.24, 2.45) is 0 Å². The summed E-state index contributed by atoms with van der Waals surface area (Å²) in [6.45, 7) is 0. The number of rotatable bonds is 1. The zero-order chi connectivity index (χ0) is 8.36. The topological polar surface area (TPSA) is 20.3 Å². The molecule has 0 atom stereocenters. The average Bonchev–Trinajstić information content (AvgIpc) is 1.60. The SMILES string of the molecule is CN(SC(Cl)(Cl)Cl)C(=O)Cl. The first-order valence-corrected chi connectivity index (χ1v) is 4.30. The second-order valence-corrected chi connectivity index (χ2v) is 5.91. The molecule has 0 N–H and O–H groups in total. The lowest BCUT2D eigenvalue weighted by Crippen LogP contribution is -2.16. The van der Waals surface area contributed by atoms with E-state index in [0.29, 0.717) is 11.9 Å². The summed E-state index contributed by atoms with van der Waals surface area (Å²) in [6.07, 6.45) is 0. The Morgan fingerprint density at radius 1 is 1.50 bits per heavy atom. The lowest BCUT2D eigenvalue weighted by molar-refractivity contribution is 0.251. The van der Waals surface area contributed by atoms with Crippen molar-refractivity contribution in [3.63, 3.8) is 0 Å². The normalized spacial score (nSPS) is 11.3. The Labute approximate surface area is 82.9 Å². The number of nitrogens with zero attached hydrogens (tertiary/aromatic N) is 1. The third kappa shape index (κ3) is 5.74. The highest BCUT2D eigenvalue weighted by atomic mass is 35.6. The summed E-state index contributed by atoms with van der Waals surface area (Å²) in [6, 6.07) is 0. The molecule has 7 heteroatoms. The van der Waals surface area contributed by atoms with Crippen molar-refractivity contribution < 1.29 is 4.79 Å². The van der Waals surface area contributed by atoms with Gasteiger partial charge in [-0.1, -0.05) is 34.8 Å². The number of halogens is 4. The van der Waals surface area contributed by atoms with Crippen LogP contribution in [-0.4, -0.2) is 19.8 Å². The fourth-order valence-corrected chi connectivity index (χ4v) is 1.61. The zero-order valence-corrected chi connectivity index (χ0v) is 8.62. The van der Waals surface area contributed by atoms with Crippen LogP contribution < -0.4 is 0 Å². The van der Waals surface area contributed by atoms with Crippen molar-refractivity contribution >= 4 is 63.7 Å². The molecule has 0 radical (unpaired) electrons. The third-order valence-corrected chi connectivity index (χ3v) is 2.11. The average molecular weight is 243 g/mol. The number of hydrogen-bond acceptors (Lipinski definition) is 2. The first kappa shape index (κ1) is 11.0. The number of alkyl halides is 3. The summed E-state index contributed by atoms with van der Waals surface area (Å²) in [7, 11) is 1.40. The second kappa shape index (κ2) is 4.12. The molecule has 0 saturated heterocycles. The second-order valence-electron chi connectivity index (χ2n) is 1.29. The molecule has 0 bridgehead atoms. The molecule has 0 aliphatic rings.